The summed E-state index contributed by atoms with van der Waals surface area (Å²) in [5, 5.41) is 11.4. The maximum absolute atomic E-state index is 13.1. The van der Waals surface area contributed by atoms with Gasteiger partial charge in [-0.15, -0.1) is 11.8 Å². The van der Waals surface area contributed by atoms with Crippen molar-refractivity contribution >= 4 is 23.4 Å². The van der Waals surface area contributed by atoms with Crippen LogP contribution >= 0.6 is 11.8 Å². The van der Waals surface area contributed by atoms with Gasteiger partial charge in [-0.05, 0) is 43.2 Å². The summed E-state index contributed by atoms with van der Waals surface area (Å²) in [6.45, 7) is 5.66. The molecule has 2 atom stereocenters. The highest BCUT2D eigenvalue weighted by molar-refractivity contribution is 8.00. The molecule has 3 nitrogen and oxygen atoms in total. The van der Waals surface area contributed by atoms with Gasteiger partial charge in [-0.3, -0.25) is 4.79 Å². The van der Waals surface area contributed by atoms with Gasteiger partial charge in [-0.1, -0.05) is 13.0 Å². The normalized spacial score (nSPS) is 13.9. The van der Waals surface area contributed by atoms with Crippen molar-refractivity contribution in [1.82, 2.24) is 0 Å². The minimum atomic E-state index is -0.366. The lowest BCUT2D eigenvalue weighted by Gasteiger charge is -2.15. The van der Waals surface area contributed by atoms with E-state index in [1.165, 1.54) is 23.9 Å². The summed E-state index contributed by atoms with van der Waals surface area (Å²) in [7, 11) is 0. The topological polar surface area (TPSA) is 49.3 Å². The first-order chi connectivity index (χ1) is 8.93. The molecule has 2 unspecified atom stereocenters. The Labute approximate surface area is 117 Å². The van der Waals surface area contributed by atoms with Crippen LogP contribution in [0.4, 0.5) is 10.1 Å². The number of hydrogen-bond acceptors (Lipinski definition) is 3. The Kier molecular flexibility index (Phi) is 6.31. The van der Waals surface area contributed by atoms with Gasteiger partial charge in [0.15, 0.2) is 0 Å². The Bertz CT molecular complexity index is 439. The molecule has 0 spiro atoms. The molecule has 0 radical (unpaired) electrons. The average Bonchev–Trinajstić information content (AvgIpc) is 2.39. The summed E-state index contributed by atoms with van der Waals surface area (Å²) in [6.07, 6.45) is 0. The van der Waals surface area contributed by atoms with Crippen LogP contribution in [0.2, 0.25) is 0 Å². The van der Waals surface area contributed by atoms with Gasteiger partial charge in [0.05, 0.1) is 5.25 Å². The van der Waals surface area contributed by atoms with Crippen LogP contribution in [0.1, 0.15) is 19.4 Å². The number of carbonyl (C=O) groups excluding carboxylic acids is 1. The van der Waals surface area contributed by atoms with Crippen LogP contribution in [0, 0.1) is 18.7 Å². The molecule has 1 aromatic rings. The first kappa shape index (κ1) is 16.0. The maximum atomic E-state index is 13.1. The van der Waals surface area contributed by atoms with Gasteiger partial charge in [0.1, 0.15) is 5.82 Å². The standard InChI is InChI=1S/C14H20FNO2S/c1-9(7-17)8-19-11(3)14(18)16-13-6-12(15)5-4-10(13)2/h4-6,9,11,17H,7-8H2,1-3H3,(H,16,18). The second-order valence-corrected chi connectivity index (χ2v) is 6.09. The molecule has 0 heterocycles. The van der Waals surface area contributed by atoms with Crippen molar-refractivity contribution in [3.05, 3.63) is 29.6 Å². The van der Waals surface area contributed by atoms with Crippen molar-refractivity contribution in [1.29, 1.82) is 0 Å². The number of rotatable bonds is 6. The molecule has 1 amide bonds. The lowest BCUT2D eigenvalue weighted by molar-refractivity contribution is -0.115. The fourth-order valence-corrected chi connectivity index (χ4v) is 2.33. The zero-order chi connectivity index (χ0) is 14.4. The van der Waals surface area contributed by atoms with Gasteiger partial charge < -0.3 is 10.4 Å². The van der Waals surface area contributed by atoms with E-state index < -0.39 is 0 Å². The van der Waals surface area contributed by atoms with Crippen molar-refractivity contribution in [3.8, 4) is 0 Å². The molecular formula is C14H20FNO2S. The van der Waals surface area contributed by atoms with Crippen LogP contribution in [0.15, 0.2) is 18.2 Å². The second kappa shape index (κ2) is 7.50. The highest BCUT2D eigenvalue weighted by Gasteiger charge is 2.15. The van der Waals surface area contributed by atoms with Crippen molar-refractivity contribution in [2.75, 3.05) is 17.7 Å². The molecular weight excluding hydrogens is 265 g/mol. The number of amides is 1. The number of thioether (sulfide) groups is 1. The molecule has 19 heavy (non-hydrogen) atoms. The number of aryl methyl sites for hydroxylation is 1. The molecule has 2 N–H and O–H groups in total. The van der Waals surface area contributed by atoms with E-state index in [0.29, 0.717) is 11.4 Å². The highest BCUT2D eigenvalue weighted by atomic mass is 32.2. The van der Waals surface area contributed by atoms with Gasteiger partial charge in [0, 0.05) is 12.3 Å². The fourth-order valence-electron chi connectivity index (χ4n) is 1.40. The predicted molar refractivity (Wildman–Crippen MR) is 77.9 cm³/mol. The van der Waals surface area contributed by atoms with E-state index in [4.69, 9.17) is 5.11 Å². The number of halogens is 1. The van der Waals surface area contributed by atoms with E-state index >= 15 is 0 Å². The van der Waals surface area contributed by atoms with Gasteiger partial charge in [0.25, 0.3) is 0 Å². The number of aliphatic hydroxyl groups excluding tert-OH is 1. The molecule has 106 valence electrons. The summed E-state index contributed by atoms with van der Waals surface area (Å²) >= 11 is 1.48. The molecule has 1 aromatic carbocycles. The van der Waals surface area contributed by atoms with E-state index in [1.54, 1.807) is 13.0 Å². The van der Waals surface area contributed by atoms with E-state index in [-0.39, 0.29) is 29.5 Å². The quantitative estimate of drug-likeness (QED) is 0.845. The Morgan fingerprint density at radius 1 is 1.47 bits per heavy atom. The molecule has 5 heteroatoms. The van der Waals surface area contributed by atoms with Crippen LogP contribution < -0.4 is 5.32 Å². The third kappa shape index (κ3) is 5.20. The van der Waals surface area contributed by atoms with E-state index in [2.05, 4.69) is 5.32 Å². The Balaban J connectivity index is 2.56. The number of carbonyl (C=O) groups is 1. The summed E-state index contributed by atoms with van der Waals surface area (Å²) in [5.41, 5.74) is 1.34. The summed E-state index contributed by atoms with van der Waals surface area (Å²) in [5.74, 6) is 0.364. The minimum Gasteiger partial charge on any atom is -0.396 e. The SMILES string of the molecule is Cc1ccc(F)cc1NC(=O)C(C)SCC(C)CO. The second-order valence-electron chi connectivity index (χ2n) is 4.71. The van der Waals surface area contributed by atoms with Gasteiger partial charge in [0.2, 0.25) is 5.91 Å². The maximum Gasteiger partial charge on any atom is 0.237 e. The Hall–Kier alpha value is -1.07. The average molecular weight is 285 g/mol. The van der Waals surface area contributed by atoms with Crippen molar-refractivity contribution in [2.24, 2.45) is 5.92 Å². The predicted octanol–water partition coefficient (Wildman–Crippen LogP) is 2.82. The van der Waals surface area contributed by atoms with Gasteiger partial charge in [-0.25, -0.2) is 4.39 Å². The number of aliphatic hydroxyl groups is 1. The van der Waals surface area contributed by atoms with Crippen molar-refractivity contribution < 1.29 is 14.3 Å². The number of nitrogens with one attached hydrogen (secondary N) is 1. The summed E-state index contributed by atoms with van der Waals surface area (Å²) in [4.78, 5) is 12.0. The zero-order valence-electron chi connectivity index (χ0n) is 11.4. The van der Waals surface area contributed by atoms with Crippen molar-refractivity contribution in [2.45, 2.75) is 26.0 Å². The third-order valence-corrected chi connectivity index (χ3v) is 4.24. The first-order valence-electron chi connectivity index (χ1n) is 6.23. The zero-order valence-corrected chi connectivity index (χ0v) is 12.3. The monoisotopic (exact) mass is 285 g/mol. The van der Waals surface area contributed by atoms with E-state index in [1.807, 2.05) is 13.8 Å². The highest BCUT2D eigenvalue weighted by Crippen LogP contribution is 2.20. The number of hydrogen-bond donors (Lipinski definition) is 2. The lowest BCUT2D eigenvalue weighted by atomic mass is 10.2. The molecule has 0 fully saturated rings. The van der Waals surface area contributed by atoms with Crippen molar-refractivity contribution in [3.63, 3.8) is 0 Å². The van der Waals surface area contributed by atoms with Crippen LogP contribution in [0.5, 0.6) is 0 Å². The van der Waals surface area contributed by atoms with Gasteiger partial charge in [-0.2, -0.15) is 0 Å². The first-order valence-corrected chi connectivity index (χ1v) is 7.28. The van der Waals surface area contributed by atoms with E-state index in [9.17, 15) is 9.18 Å². The third-order valence-electron chi connectivity index (χ3n) is 2.77. The van der Waals surface area contributed by atoms with Crippen LogP contribution in [0.3, 0.4) is 0 Å². The molecule has 0 aliphatic carbocycles. The molecule has 0 aliphatic rings. The van der Waals surface area contributed by atoms with Crippen LogP contribution in [-0.2, 0) is 4.79 Å². The lowest BCUT2D eigenvalue weighted by Crippen LogP contribution is -2.24. The van der Waals surface area contributed by atoms with Crippen LogP contribution in [-0.4, -0.2) is 28.6 Å². The number of benzene rings is 1. The molecule has 0 bridgehead atoms. The van der Waals surface area contributed by atoms with E-state index in [0.717, 1.165) is 5.56 Å². The Morgan fingerprint density at radius 2 is 2.16 bits per heavy atom. The number of anilines is 1. The summed E-state index contributed by atoms with van der Waals surface area (Å²) in [6, 6.07) is 4.32. The molecule has 0 aromatic heterocycles. The fraction of sp³-hybridized carbons (Fsp3) is 0.500. The molecule has 0 aliphatic heterocycles. The molecule has 0 saturated heterocycles. The summed E-state index contributed by atoms with van der Waals surface area (Å²) < 4.78 is 13.1. The minimum absolute atomic E-state index is 0.115. The van der Waals surface area contributed by atoms with Crippen LogP contribution in [0.25, 0.3) is 0 Å². The Morgan fingerprint density at radius 3 is 2.79 bits per heavy atom. The van der Waals surface area contributed by atoms with Gasteiger partial charge >= 0.3 is 0 Å². The smallest absolute Gasteiger partial charge is 0.237 e. The largest absolute Gasteiger partial charge is 0.396 e. The molecule has 0 saturated carbocycles. The molecule has 1 rings (SSSR count).